The average molecular weight is 363 g/mol. The molecule has 6 nitrogen and oxygen atoms in total. The van der Waals surface area contributed by atoms with Gasteiger partial charge < -0.3 is 18.8 Å². The molecule has 5 rings (SSSR count). The molecule has 0 spiro atoms. The summed E-state index contributed by atoms with van der Waals surface area (Å²) in [5.41, 5.74) is 2.93. The highest BCUT2D eigenvalue weighted by Gasteiger charge is 2.27. The third kappa shape index (κ3) is 2.91. The number of benzene rings is 1. The van der Waals surface area contributed by atoms with Crippen LogP contribution < -0.4 is 9.47 Å². The maximum Gasteiger partial charge on any atom is 0.231 e. The summed E-state index contributed by atoms with van der Waals surface area (Å²) in [6.07, 6.45) is 6.48. The molecule has 2 aromatic heterocycles. The zero-order valence-corrected chi connectivity index (χ0v) is 15.0. The van der Waals surface area contributed by atoms with Gasteiger partial charge in [0.2, 0.25) is 12.7 Å². The molecule has 1 aromatic carbocycles. The van der Waals surface area contributed by atoms with Crippen molar-refractivity contribution in [3.8, 4) is 11.5 Å². The Hall–Kier alpha value is -3.02. The Balaban J connectivity index is 1.55. The topological polar surface area (TPSA) is 56.1 Å². The second-order valence-electron chi connectivity index (χ2n) is 7.07. The number of hydrogen-bond acceptors (Lipinski definition) is 4. The van der Waals surface area contributed by atoms with E-state index >= 15 is 0 Å². The number of likely N-dealkylation sites (tertiary alicyclic amines) is 1. The molecule has 0 aliphatic carbocycles. The molecule has 1 fully saturated rings. The quantitative estimate of drug-likeness (QED) is 0.714. The maximum absolute atomic E-state index is 12.9. The van der Waals surface area contributed by atoms with Gasteiger partial charge in [0.1, 0.15) is 5.65 Å². The largest absolute Gasteiger partial charge is 0.454 e. The highest BCUT2D eigenvalue weighted by molar-refractivity contribution is 5.78. The summed E-state index contributed by atoms with van der Waals surface area (Å²) < 4.78 is 13.1. The Bertz CT molecular complexity index is 991. The van der Waals surface area contributed by atoms with E-state index in [1.165, 1.54) is 0 Å². The standard InChI is InChI=1S/C21H21N3O3/c25-21(23-8-3-4-9-23)12-16(15-6-7-18-19(11-15)27-14-26-18)17-13-22-20-5-1-2-10-24(17)20/h1-2,5-7,10-11,13,16H,3-4,8-9,12,14H2. The highest BCUT2D eigenvalue weighted by atomic mass is 16.7. The van der Waals surface area contributed by atoms with E-state index in [2.05, 4.69) is 9.38 Å². The van der Waals surface area contributed by atoms with Gasteiger partial charge in [0.15, 0.2) is 11.5 Å². The number of rotatable bonds is 4. The van der Waals surface area contributed by atoms with E-state index < -0.39 is 0 Å². The number of pyridine rings is 1. The van der Waals surface area contributed by atoms with E-state index in [1.54, 1.807) is 0 Å². The normalized spacial score (nSPS) is 16.8. The van der Waals surface area contributed by atoms with Crippen LogP contribution in [0.2, 0.25) is 0 Å². The molecule has 27 heavy (non-hydrogen) atoms. The van der Waals surface area contributed by atoms with E-state index in [0.717, 1.165) is 54.3 Å². The van der Waals surface area contributed by atoms with Gasteiger partial charge in [-0.15, -0.1) is 0 Å². The molecule has 3 aromatic rings. The van der Waals surface area contributed by atoms with Crippen LogP contribution in [-0.2, 0) is 4.79 Å². The van der Waals surface area contributed by atoms with E-state index in [-0.39, 0.29) is 18.6 Å². The Morgan fingerprint density at radius 1 is 1.11 bits per heavy atom. The molecule has 0 saturated carbocycles. The number of aromatic nitrogens is 2. The number of ether oxygens (including phenoxy) is 2. The van der Waals surface area contributed by atoms with Crippen LogP contribution in [0.4, 0.5) is 0 Å². The number of amides is 1. The van der Waals surface area contributed by atoms with Gasteiger partial charge >= 0.3 is 0 Å². The summed E-state index contributed by atoms with van der Waals surface area (Å²) in [7, 11) is 0. The van der Waals surface area contributed by atoms with Crippen LogP contribution in [0.15, 0.2) is 48.8 Å². The average Bonchev–Trinajstić information content (AvgIpc) is 3.46. The van der Waals surface area contributed by atoms with Crippen LogP contribution in [0.3, 0.4) is 0 Å². The SMILES string of the molecule is O=C(CC(c1ccc2c(c1)OCO2)c1cnc2ccccn12)N1CCCC1. The third-order valence-corrected chi connectivity index (χ3v) is 5.44. The molecule has 4 heterocycles. The molecule has 0 bridgehead atoms. The fraction of sp³-hybridized carbons (Fsp3) is 0.333. The zero-order chi connectivity index (χ0) is 18.2. The number of hydrogen-bond donors (Lipinski definition) is 0. The molecule has 1 saturated heterocycles. The lowest BCUT2D eigenvalue weighted by molar-refractivity contribution is -0.130. The van der Waals surface area contributed by atoms with Gasteiger partial charge in [0, 0.05) is 37.8 Å². The minimum atomic E-state index is -0.0926. The number of nitrogens with zero attached hydrogens (tertiary/aromatic N) is 3. The molecule has 2 aliphatic heterocycles. The monoisotopic (exact) mass is 363 g/mol. The first-order valence-electron chi connectivity index (χ1n) is 9.39. The van der Waals surface area contributed by atoms with Gasteiger partial charge in [-0.2, -0.15) is 0 Å². The zero-order valence-electron chi connectivity index (χ0n) is 15.0. The van der Waals surface area contributed by atoms with Gasteiger partial charge in [-0.3, -0.25) is 4.79 Å². The van der Waals surface area contributed by atoms with Crippen molar-refractivity contribution in [2.75, 3.05) is 19.9 Å². The van der Waals surface area contributed by atoms with E-state index in [1.807, 2.05) is 53.7 Å². The first-order chi connectivity index (χ1) is 13.3. The van der Waals surface area contributed by atoms with Crippen molar-refractivity contribution in [3.05, 3.63) is 60.0 Å². The molecular weight excluding hydrogens is 342 g/mol. The lowest BCUT2D eigenvalue weighted by Crippen LogP contribution is -2.29. The number of imidazole rings is 1. The van der Waals surface area contributed by atoms with Crippen LogP contribution in [0, 0.1) is 0 Å². The summed E-state index contributed by atoms with van der Waals surface area (Å²) in [4.78, 5) is 19.4. The number of fused-ring (bicyclic) bond motifs is 2. The van der Waals surface area contributed by atoms with E-state index in [9.17, 15) is 4.79 Å². The van der Waals surface area contributed by atoms with Gasteiger partial charge in [0.25, 0.3) is 0 Å². The summed E-state index contributed by atoms with van der Waals surface area (Å²) in [6, 6.07) is 11.9. The van der Waals surface area contributed by atoms with Crippen LogP contribution in [0.25, 0.3) is 5.65 Å². The van der Waals surface area contributed by atoms with E-state index in [0.29, 0.717) is 6.42 Å². The van der Waals surface area contributed by atoms with Crippen molar-refractivity contribution < 1.29 is 14.3 Å². The maximum atomic E-state index is 12.9. The smallest absolute Gasteiger partial charge is 0.231 e. The predicted molar refractivity (Wildman–Crippen MR) is 100 cm³/mol. The van der Waals surface area contributed by atoms with Crippen LogP contribution >= 0.6 is 0 Å². The lowest BCUT2D eigenvalue weighted by atomic mass is 9.91. The minimum absolute atomic E-state index is 0.0926. The van der Waals surface area contributed by atoms with Crippen LogP contribution in [0.1, 0.15) is 36.4 Å². The third-order valence-electron chi connectivity index (χ3n) is 5.44. The van der Waals surface area contributed by atoms with Crippen molar-refractivity contribution in [2.45, 2.75) is 25.2 Å². The van der Waals surface area contributed by atoms with Crippen LogP contribution in [-0.4, -0.2) is 40.1 Å². The second kappa shape index (κ2) is 6.61. The molecule has 138 valence electrons. The molecule has 1 atom stereocenters. The van der Waals surface area contributed by atoms with Crippen molar-refractivity contribution in [2.24, 2.45) is 0 Å². The second-order valence-corrected chi connectivity index (χ2v) is 7.07. The molecule has 6 heteroatoms. The fourth-order valence-corrected chi connectivity index (χ4v) is 4.00. The summed E-state index contributed by atoms with van der Waals surface area (Å²) in [6.45, 7) is 1.96. The number of carbonyl (C=O) groups excluding carboxylic acids is 1. The Morgan fingerprint density at radius 3 is 2.85 bits per heavy atom. The first kappa shape index (κ1) is 16.2. The number of carbonyl (C=O) groups is 1. The summed E-state index contributed by atoms with van der Waals surface area (Å²) in [5.74, 6) is 1.59. The minimum Gasteiger partial charge on any atom is -0.454 e. The summed E-state index contributed by atoms with van der Waals surface area (Å²) in [5, 5.41) is 0. The Morgan fingerprint density at radius 2 is 1.96 bits per heavy atom. The van der Waals surface area contributed by atoms with Gasteiger partial charge in [0.05, 0.1) is 5.69 Å². The van der Waals surface area contributed by atoms with Crippen molar-refractivity contribution >= 4 is 11.6 Å². The van der Waals surface area contributed by atoms with Crippen molar-refractivity contribution in [1.29, 1.82) is 0 Å². The summed E-state index contributed by atoms with van der Waals surface area (Å²) >= 11 is 0. The molecule has 0 N–H and O–H groups in total. The van der Waals surface area contributed by atoms with Gasteiger partial charge in [-0.25, -0.2) is 4.98 Å². The molecule has 2 aliphatic rings. The first-order valence-corrected chi connectivity index (χ1v) is 9.39. The Kier molecular flexibility index (Phi) is 3.96. The molecule has 0 radical (unpaired) electrons. The Labute approximate surface area is 157 Å². The van der Waals surface area contributed by atoms with Crippen LogP contribution in [0.5, 0.6) is 11.5 Å². The van der Waals surface area contributed by atoms with Gasteiger partial charge in [-0.1, -0.05) is 12.1 Å². The van der Waals surface area contributed by atoms with Gasteiger partial charge in [-0.05, 0) is 42.7 Å². The molecule has 1 unspecified atom stereocenters. The van der Waals surface area contributed by atoms with Crippen molar-refractivity contribution in [3.63, 3.8) is 0 Å². The fourth-order valence-electron chi connectivity index (χ4n) is 4.00. The highest BCUT2D eigenvalue weighted by Crippen LogP contribution is 2.38. The molecular formula is C21H21N3O3. The lowest BCUT2D eigenvalue weighted by Gasteiger charge is -2.21. The predicted octanol–water partition coefficient (Wildman–Crippen LogP) is 3.21. The molecule has 1 amide bonds. The van der Waals surface area contributed by atoms with Crippen molar-refractivity contribution in [1.82, 2.24) is 14.3 Å². The van der Waals surface area contributed by atoms with E-state index in [4.69, 9.17) is 9.47 Å².